The third-order valence-electron chi connectivity index (χ3n) is 6.47. The monoisotopic (exact) mass is 360 g/mol. The summed E-state index contributed by atoms with van der Waals surface area (Å²) < 4.78 is 17.3. The Morgan fingerprint density at radius 2 is 2.19 bits per heavy atom. The van der Waals surface area contributed by atoms with Gasteiger partial charge in [-0.2, -0.15) is 0 Å². The van der Waals surface area contributed by atoms with Crippen LogP contribution in [-0.2, 0) is 23.8 Å². The van der Waals surface area contributed by atoms with E-state index in [2.05, 4.69) is 6.58 Å². The first-order valence-corrected chi connectivity index (χ1v) is 9.05. The van der Waals surface area contributed by atoms with Crippen molar-refractivity contribution in [2.24, 2.45) is 11.8 Å². The molecule has 2 aliphatic heterocycles. The molecular formula is C20H24O6. The van der Waals surface area contributed by atoms with E-state index in [-0.39, 0.29) is 24.2 Å². The number of rotatable bonds is 3. The standard InChI is InChI=1S/C20H24O6/c1-5-9(2)18(22)24-13-6-11(8-21)12-7-14-20(4,26-14)16(12)17-15(13)10(3)19(23)25-17/h5,13-17,21H,3,6-8H2,1-2,4H3/b9-5-/t13-,14-,15-,16+,17+,20-/m1/s1. The molecular weight excluding hydrogens is 336 g/mol. The van der Waals surface area contributed by atoms with E-state index in [0.29, 0.717) is 17.6 Å². The number of allylic oxidation sites excluding steroid dienone is 1. The van der Waals surface area contributed by atoms with Crippen LogP contribution in [0.5, 0.6) is 0 Å². The van der Waals surface area contributed by atoms with Gasteiger partial charge in [-0.1, -0.05) is 18.2 Å². The maximum atomic E-state index is 12.4. The molecule has 2 heterocycles. The van der Waals surface area contributed by atoms with E-state index in [1.165, 1.54) is 0 Å². The number of carbonyl (C=O) groups excluding carboxylic acids is 2. The van der Waals surface area contributed by atoms with Gasteiger partial charge in [0.1, 0.15) is 17.8 Å². The number of hydrogen-bond acceptors (Lipinski definition) is 6. The lowest BCUT2D eigenvalue weighted by atomic mass is 9.80. The van der Waals surface area contributed by atoms with Gasteiger partial charge in [0.05, 0.1) is 18.6 Å². The molecule has 3 fully saturated rings. The molecule has 4 rings (SSSR count). The van der Waals surface area contributed by atoms with E-state index in [0.717, 1.165) is 17.6 Å². The number of carbonyl (C=O) groups is 2. The van der Waals surface area contributed by atoms with Gasteiger partial charge in [-0.05, 0) is 32.8 Å². The molecule has 0 bridgehead atoms. The first-order valence-electron chi connectivity index (χ1n) is 9.05. The highest BCUT2D eigenvalue weighted by Crippen LogP contribution is 2.62. The third-order valence-corrected chi connectivity index (χ3v) is 6.47. The van der Waals surface area contributed by atoms with Crippen molar-refractivity contribution in [3.8, 4) is 0 Å². The molecule has 2 aliphatic carbocycles. The number of aliphatic hydroxyl groups is 1. The molecule has 0 spiro atoms. The van der Waals surface area contributed by atoms with E-state index in [1.54, 1.807) is 19.9 Å². The van der Waals surface area contributed by atoms with Crippen LogP contribution in [-0.4, -0.2) is 47.6 Å². The van der Waals surface area contributed by atoms with Gasteiger partial charge in [-0.15, -0.1) is 0 Å². The summed E-state index contributed by atoms with van der Waals surface area (Å²) in [4.78, 5) is 24.6. The zero-order valence-corrected chi connectivity index (χ0v) is 15.3. The zero-order chi connectivity index (χ0) is 18.8. The van der Waals surface area contributed by atoms with Crippen molar-refractivity contribution >= 4 is 11.9 Å². The van der Waals surface area contributed by atoms with Crippen LogP contribution in [0.4, 0.5) is 0 Å². The Morgan fingerprint density at radius 3 is 2.85 bits per heavy atom. The van der Waals surface area contributed by atoms with Crippen molar-refractivity contribution in [3.05, 3.63) is 34.9 Å². The molecule has 6 heteroatoms. The fourth-order valence-electron chi connectivity index (χ4n) is 4.80. The van der Waals surface area contributed by atoms with E-state index in [9.17, 15) is 14.7 Å². The van der Waals surface area contributed by atoms with Gasteiger partial charge in [-0.25, -0.2) is 9.59 Å². The molecule has 0 unspecified atom stereocenters. The Bertz CT molecular complexity index is 762. The first-order chi connectivity index (χ1) is 12.3. The number of epoxide rings is 1. The quantitative estimate of drug-likeness (QED) is 0.358. The van der Waals surface area contributed by atoms with Crippen molar-refractivity contribution in [1.82, 2.24) is 0 Å². The lowest BCUT2D eigenvalue weighted by molar-refractivity contribution is -0.149. The van der Waals surface area contributed by atoms with Crippen molar-refractivity contribution in [3.63, 3.8) is 0 Å². The second-order valence-electron chi connectivity index (χ2n) is 7.80. The van der Waals surface area contributed by atoms with E-state index in [4.69, 9.17) is 14.2 Å². The van der Waals surface area contributed by atoms with Crippen LogP contribution < -0.4 is 0 Å². The molecule has 0 aromatic rings. The Balaban J connectivity index is 1.75. The van der Waals surface area contributed by atoms with Crippen LogP contribution in [0.1, 0.15) is 33.6 Å². The maximum Gasteiger partial charge on any atom is 0.334 e. The average molecular weight is 360 g/mol. The Kier molecular flexibility index (Phi) is 3.90. The number of fused-ring (bicyclic) bond motifs is 5. The summed E-state index contributed by atoms with van der Waals surface area (Å²) in [6.07, 6.45) is 1.81. The number of aliphatic hydroxyl groups excluding tert-OH is 1. The topological polar surface area (TPSA) is 85.4 Å². The van der Waals surface area contributed by atoms with Crippen LogP contribution in [0.3, 0.4) is 0 Å². The summed E-state index contributed by atoms with van der Waals surface area (Å²) in [6.45, 7) is 9.28. The van der Waals surface area contributed by atoms with Crippen LogP contribution in [0.15, 0.2) is 34.9 Å². The van der Waals surface area contributed by atoms with Crippen molar-refractivity contribution in [2.45, 2.75) is 57.5 Å². The highest BCUT2D eigenvalue weighted by Gasteiger charge is 2.70. The fourth-order valence-corrected chi connectivity index (χ4v) is 4.80. The Hall–Kier alpha value is -1.92. The van der Waals surface area contributed by atoms with Gasteiger partial charge in [0, 0.05) is 23.5 Å². The maximum absolute atomic E-state index is 12.4. The van der Waals surface area contributed by atoms with Gasteiger partial charge in [-0.3, -0.25) is 0 Å². The summed E-state index contributed by atoms with van der Waals surface area (Å²) in [5.74, 6) is -1.43. The average Bonchev–Trinajstić information content (AvgIpc) is 3.09. The third kappa shape index (κ3) is 2.32. The van der Waals surface area contributed by atoms with E-state index >= 15 is 0 Å². The summed E-state index contributed by atoms with van der Waals surface area (Å²) in [6, 6.07) is 0. The van der Waals surface area contributed by atoms with Gasteiger partial charge in [0.15, 0.2) is 0 Å². The van der Waals surface area contributed by atoms with Crippen molar-refractivity contribution in [1.29, 1.82) is 0 Å². The minimum absolute atomic E-state index is 0.0987. The minimum Gasteiger partial charge on any atom is -0.458 e. The molecule has 2 saturated heterocycles. The van der Waals surface area contributed by atoms with E-state index < -0.39 is 30.1 Å². The lowest BCUT2D eigenvalue weighted by Crippen LogP contribution is -2.40. The number of ether oxygens (including phenoxy) is 3. The second-order valence-corrected chi connectivity index (χ2v) is 7.80. The molecule has 0 radical (unpaired) electrons. The molecule has 6 nitrogen and oxygen atoms in total. The molecule has 140 valence electrons. The Labute approximate surface area is 152 Å². The summed E-state index contributed by atoms with van der Waals surface area (Å²) >= 11 is 0. The Morgan fingerprint density at radius 1 is 1.46 bits per heavy atom. The molecule has 26 heavy (non-hydrogen) atoms. The van der Waals surface area contributed by atoms with Gasteiger partial charge < -0.3 is 19.3 Å². The van der Waals surface area contributed by atoms with E-state index in [1.807, 2.05) is 6.92 Å². The van der Waals surface area contributed by atoms with Gasteiger partial charge >= 0.3 is 11.9 Å². The predicted octanol–water partition coefficient (Wildman–Crippen LogP) is 1.83. The van der Waals surface area contributed by atoms with Gasteiger partial charge in [0.25, 0.3) is 0 Å². The van der Waals surface area contributed by atoms with Crippen LogP contribution in [0.2, 0.25) is 0 Å². The molecule has 0 amide bonds. The minimum atomic E-state index is -0.595. The first kappa shape index (κ1) is 17.5. The van der Waals surface area contributed by atoms with Crippen molar-refractivity contribution in [2.75, 3.05) is 6.61 Å². The van der Waals surface area contributed by atoms with Crippen LogP contribution in [0, 0.1) is 11.8 Å². The zero-order valence-electron chi connectivity index (χ0n) is 15.3. The summed E-state index contributed by atoms with van der Waals surface area (Å²) in [5, 5.41) is 9.96. The normalized spacial score (nSPS) is 41.2. The van der Waals surface area contributed by atoms with Crippen molar-refractivity contribution < 1.29 is 28.9 Å². The fraction of sp³-hybridized carbons (Fsp3) is 0.600. The lowest BCUT2D eigenvalue weighted by Gasteiger charge is -2.30. The smallest absolute Gasteiger partial charge is 0.334 e. The molecule has 0 aromatic carbocycles. The largest absolute Gasteiger partial charge is 0.458 e. The molecule has 1 saturated carbocycles. The molecule has 0 aromatic heterocycles. The van der Waals surface area contributed by atoms with Crippen LogP contribution in [0.25, 0.3) is 0 Å². The molecule has 4 aliphatic rings. The van der Waals surface area contributed by atoms with Crippen LogP contribution >= 0.6 is 0 Å². The molecule has 6 atom stereocenters. The highest BCUT2D eigenvalue weighted by molar-refractivity contribution is 5.92. The second kappa shape index (κ2) is 5.79. The highest BCUT2D eigenvalue weighted by atomic mass is 16.6. The van der Waals surface area contributed by atoms with Gasteiger partial charge in [0.2, 0.25) is 0 Å². The number of hydrogen-bond donors (Lipinski definition) is 1. The number of esters is 2. The predicted molar refractivity (Wildman–Crippen MR) is 91.9 cm³/mol. The summed E-state index contributed by atoms with van der Waals surface area (Å²) in [7, 11) is 0. The summed E-state index contributed by atoms with van der Waals surface area (Å²) in [5.41, 5.74) is 2.39. The SMILES string of the molecule is C=C1C(=O)O[C@H]2[C@H]1[C@H](OC(=O)/C(C)=C\C)CC(CO)=C1C[C@H]3O[C@@]3(C)[C@@H]12. The molecule has 1 N–H and O–H groups in total.